The Kier molecular flexibility index (Phi) is 8.24. The molecule has 2 aliphatic heterocycles. The highest BCUT2D eigenvalue weighted by molar-refractivity contribution is 5.93. The molecule has 1 unspecified atom stereocenters. The molecule has 0 spiro atoms. The van der Waals surface area contributed by atoms with Crippen LogP contribution in [-0.4, -0.2) is 82.9 Å². The van der Waals surface area contributed by atoms with E-state index in [4.69, 9.17) is 18.9 Å². The van der Waals surface area contributed by atoms with Gasteiger partial charge in [-0.3, -0.25) is 4.79 Å². The van der Waals surface area contributed by atoms with E-state index in [0.717, 1.165) is 18.8 Å². The van der Waals surface area contributed by atoms with Crippen molar-refractivity contribution >= 4 is 11.6 Å². The number of nitrogens with one attached hydrogen (secondary N) is 1. The van der Waals surface area contributed by atoms with Crippen LogP contribution in [0.1, 0.15) is 24.3 Å². The number of alkyl halides is 1. The van der Waals surface area contributed by atoms with Crippen LogP contribution >= 0.6 is 0 Å². The number of carbonyl (C=O) groups excluding carboxylic acids is 1. The third kappa shape index (κ3) is 5.80. The Balaban J connectivity index is 1.63. The monoisotopic (exact) mass is 425 g/mol. The van der Waals surface area contributed by atoms with E-state index in [-0.39, 0.29) is 30.6 Å². The van der Waals surface area contributed by atoms with Gasteiger partial charge in [0.1, 0.15) is 18.1 Å². The molecule has 30 heavy (non-hydrogen) atoms. The fourth-order valence-corrected chi connectivity index (χ4v) is 3.16. The van der Waals surface area contributed by atoms with Crippen LogP contribution in [0.5, 0.6) is 5.88 Å². The quantitative estimate of drug-likeness (QED) is 0.510. The molecule has 2 atom stereocenters. The fraction of sp³-hybridized carbons (Fsp3) is 0.714. The maximum atomic E-state index is 12.7. The van der Waals surface area contributed by atoms with Gasteiger partial charge in [-0.25, -0.2) is 9.37 Å². The molecule has 0 aromatic carbocycles. The number of aromatic nitrogens is 1. The van der Waals surface area contributed by atoms with Crippen LogP contribution in [0, 0.1) is 11.8 Å². The zero-order chi connectivity index (χ0) is 21.5. The van der Waals surface area contributed by atoms with E-state index in [1.807, 2.05) is 19.9 Å². The van der Waals surface area contributed by atoms with Gasteiger partial charge in [0.2, 0.25) is 5.88 Å². The van der Waals surface area contributed by atoms with Crippen molar-refractivity contribution in [2.45, 2.75) is 26.0 Å². The molecule has 2 saturated heterocycles. The van der Waals surface area contributed by atoms with E-state index in [1.165, 1.54) is 0 Å². The van der Waals surface area contributed by atoms with Gasteiger partial charge in [-0.2, -0.15) is 0 Å². The van der Waals surface area contributed by atoms with Gasteiger partial charge in [-0.05, 0) is 25.0 Å². The Morgan fingerprint density at radius 3 is 2.77 bits per heavy atom. The van der Waals surface area contributed by atoms with E-state index in [2.05, 4.69) is 15.2 Å². The van der Waals surface area contributed by atoms with Crippen molar-refractivity contribution in [3.05, 3.63) is 17.8 Å². The van der Waals surface area contributed by atoms with E-state index in [9.17, 15) is 9.18 Å². The van der Waals surface area contributed by atoms with Crippen LogP contribution in [0.3, 0.4) is 0 Å². The van der Waals surface area contributed by atoms with Crippen LogP contribution in [0.25, 0.3) is 0 Å². The second-order valence-electron chi connectivity index (χ2n) is 8.00. The maximum absolute atomic E-state index is 12.7. The lowest BCUT2D eigenvalue weighted by Gasteiger charge is -2.40. The summed E-state index contributed by atoms with van der Waals surface area (Å²) in [5.41, 5.74) is 1.16. The molecule has 0 radical (unpaired) electrons. The minimum Gasteiger partial charge on any atom is -0.476 e. The number of hydrogen-bond donors (Lipinski definition) is 1. The Bertz CT molecular complexity index is 697. The van der Waals surface area contributed by atoms with Crippen molar-refractivity contribution in [1.29, 1.82) is 0 Å². The first kappa shape index (κ1) is 22.7. The van der Waals surface area contributed by atoms with Crippen LogP contribution in [0.4, 0.5) is 10.1 Å². The number of methoxy groups -OCH3 is 1. The number of amides is 1. The topological polar surface area (TPSA) is 82.2 Å². The molecule has 0 saturated carbocycles. The molecular weight excluding hydrogens is 393 g/mol. The molecule has 168 valence electrons. The molecule has 3 heterocycles. The normalized spacial score (nSPS) is 19.0. The Labute approximate surface area is 177 Å². The highest BCUT2D eigenvalue weighted by Crippen LogP contribution is 2.31. The second-order valence-corrected chi connectivity index (χ2v) is 8.00. The maximum Gasteiger partial charge on any atom is 0.270 e. The van der Waals surface area contributed by atoms with Crippen molar-refractivity contribution < 1.29 is 28.1 Å². The molecule has 2 aliphatic rings. The smallest absolute Gasteiger partial charge is 0.270 e. The van der Waals surface area contributed by atoms with E-state index >= 15 is 0 Å². The summed E-state index contributed by atoms with van der Waals surface area (Å²) in [7, 11) is 1.70. The molecule has 1 aromatic heterocycles. The summed E-state index contributed by atoms with van der Waals surface area (Å²) in [5.74, 6) is 0.573. The number of anilines is 1. The summed E-state index contributed by atoms with van der Waals surface area (Å²) in [6.45, 7) is 7.19. The molecule has 1 N–H and O–H groups in total. The van der Waals surface area contributed by atoms with Crippen LogP contribution < -0.4 is 15.0 Å². The molecule has 3 rings (SSSR count). The van der Waals surface area contributed by atoms with Gasteiger partial charge < -0.3 is 29.2 Å². The van der Waals surface area contributed by atoms with Crippen molar-refractivity contribution in [3.63, 3.8) is 0 Å². The Morgan fingerprint density at radius 2 is 2.13 bits per heavy atom. The number of hydrogen-bond acceptors (Lipinski definition) is 7. The molecule has 9 heteroatoms. The number of carbonyl (C=O) groups is 1. The van der Waals surface area contributed by atoms with Crippen LogP contribution in [0.15, 0.2) is 12.1 Å². The van der Waals surface area contributed by atoms with Crippen molar-refractivity contribution in [2.24, 2.45) is 11.8 Å². The van der Waals surface area contributed by atoms with Crippen molar-refractivity contribution in [3.8, 4) is 5.88 Å². The zero-order valence-electron chi connectivity index (χ0n) is 17.9. The minimum atomic E-state index is -0.512. The third-order valence-corrected chi connectivity index (χ3v) is 5.57. The first-order chi connectivity index (χ1) is 14.5. The summed E-state index contributed by atoms with van der Waals surface area (Å²) < 4.78 is 33.9. The lowest BCUT2D eigenvalue weighted by molar-refractivity contribution is -0.0514. The first-order valence-electron chi connectivity index (χ1n) is 10.5. The molecule has 2 fully saturated rings. The molecule has 1 amide bonds. The minimum absolute atomic E-state index is 0.0428. The van der Waals surface area contributed by atoms with Crippen LogP contribution in [0.2, 0.25) is 0 Å². The third-order valence-electron chi connectivity index (χ3n) is 5.57. The fourth-order valence-electron chi connectivity index (χ4n) is 3.16. The van der Waals surface area contributed by atoms with E-state index < -0.39 is 6.67 Å². The Hall–Kier alpha value is -1.97. The highest BCUT2D eigenvalue weighted by atomic mass is 19.1. The highest BCUT2D eigenvalue weighted by Gasteiger charge is 2.30. The number of pyridine rings is 1. The standard InChI is InChI=1S/C21H32FN3O5/c1-14(10-28-7-6-22)15(2)23-20(26)18-4-5-19(25-8-17(9-25)27-3)21(24-18)30-13-16-11-29-12-16/h4-5,14-17H,6-13H2,1-3H3,(H,23,26)/t14?,15-/m0/s1. The van der Waals surface area contributed by atoms with Crippen molar-refractivity contribution in [1.82, 2.24) is 10.3 Å². The summed E-state index contributed by atoms with van der Waals surface area (Å²) in [6.07, 6.45) is 0.197. The zero-order valence-corrected chi connectivity index (χ0v) is 17.9. The van der Waals surface area contributed by atoms with Crippen LogP contribution in [-0.2, 0) is 14.2 Å². The van der Waals surface area contributed by atoms with Gasteiger partial charge in [-0.15, -0.1) is 0 Å². The van der Waals surface area contributed by atoms with Gasteiger partial charge in [-0.1, -0.05) is 6.92 Å². The van der Waals surface area contributed by atoms with Crippen molar-refractivity contribution in [2.75, 3.05) is 64.8 Å². The molecular formula is C21H32FN3O5. The summed E-state index contributed by atoms with van der Waals surface area (Å²) >= 11 is 0. The number of rotatable bonds is 12. The van der Waals surface area contributed by atoms with E-state index in [0.29, 0.717) is 43.9 Å². The average Bonchev–Trinajstić information content (AvgIpc) is 2.66. The van der Waals surface area contributed by atoms with Gasteiger partial charge in [0.15, 0.2) is 0 Å². The Morgan fingerprint density at radius 1 is 1.37 bits per heavy atom. The summed E-state index contributed by atoms with van der Waals surface area (Å²) in [5, 5.41) is 2.95. The van der Waals surface area contributed by atoms with E-state index in [1.54, 1.807) is 13.2 Å². The predicted octanol–water partition coefficient (Wildman–Crippen LogP) is 1.68. The first-order valence-corrected chi connectivity index (χ1v) is 10.5. The number of halogens is 1. The molecule has 0 bridgehead atoms. The molecule has 0 aliphatic carbocycles. The molecule has 1 aromatic rings. The largest absolute Gasteiger partial charge is 0.476 e. The van der Waals surface area contributed by atoms with Gasteiger partial charge in [0.25, 0.3) is 5.91 Å². The number of ether oxygens (including phenoxy) is 4. The summed E-state index contributed by atoms with van der Waals surface area (Å²) in [6, 6.07) is 3.44. The number of nitrogens with zero attached hydrogens (tertiary/aromatic N) is 2. The average molecular weight is 426 g/mol. The lowest BCUT2D eigenvalue weighted by atomic mass is 10.0. The van der Waals surface area contributed by atoms with Gasteiger partial charge in [0, 0.05) is 32.2 Å². The lowest BCUT2D eigenvalue weighted by Crippen LogP contribution is -2.52. The second kappa shape index (κ2) is 10.9. The molecule has 8 nitrogen and oxygen atoms in total. The van der Waals surface area contributed by atoms with Gasteiger partial charge >= 0.3 is 0 Å². The SMILES string of the molecule is COC1CN(c2ccc(C(=O)N[C@@H](C)C(C)COCCF)nc2OCC2COC2)C1. The van der Waals surface area contributed by atoms with Gasteiger partial charge in [0.05, 0.1) is 39.1 Å². The predicted molar refractivity (Wildman–Crippen MR) is 110 cm³/mol. The summed E-state index contributed by atoms with van der Waals surface area (Å²) in [4.78, 5) is 19.4.